The summed E-state index contributed by atoms with van der Waals surface area (Å²) in [6, 6.07) is 13.0. The molecule has 2 aliphatic heterocycles. The molecule has 0 amide bonds. The van der Waals surface area contributed by atoms with Gasteiger partial charge in [0.25, 0.3) is 0 Å². The summed E-state index contributed by atoms with van der Waals surface area (Å²) < 4.78 is 17.3. The van der Waals surface area contributed by atoms with Gasteiger partial charge in [0.2, 0.25) is 0 Å². The zero-order valence-electron chi connectivity index (χ0n) is 14.2. The van der Waals surface area contributed by atoms with Crippen LogP contribution >= 0.6 is 0 Å². The predicted octanol–water partition coefficient (Wildman–Crippen LogP) is 4.60. The van der Waals surface area contributed by atoms with Crippen LogP contribution in [-0.2, 0) is 11.2 Å². The molecule has 1 atom stereocenters. The minimum absolute atomic E-state index is 0.262. The quantitative estimate of drug-likeness (QED) is 0.826. The van der Waals surface area contributed by atoms with E-state index in [1.54, 1.807) is 0 Å². The molecule has 0 aromatic heterocycles. The van der Waals surface area contributed by atoms with Gasteiger partial charge in [-0.05, 0) is 67.0 Å². The molecule has 24 heavy (non-hydrogen) atoms. The third-order valence-corrected chi connectivity index (χ3v) is 4.93. The van der Waals surface area contributed by atoms with Crippen LogP contribution in [0.3, 0.4) is 0 Å². The summed E-state index contributed by atoms with van der Waals surface area (Å²) in [5, 5.41) is 0. The number of ether oxygens (including phenoxy) is 3. The van der Waals surface area contributed by atoms with Crippen molar-refractivity contribution >= 4 is 0 Å². The fourth-order valence-corrected chi connectivity index (χ4v) is 3.50. The van der Waals surface area contributed by atoms with Crippen molar-refractivity contribution in [2.45, 2.75) is 38.7 Å². The number of fused-ring (bicyclic) bond motifs is 1. The topological polar surface area (TPSA) is 27.7 Å². The molecule has 2 aromatic carbocycles. The molecule has 0 aliphatic carbocycles. The maximum absolute atomic E-state index is 5.95. The molecular formula is C21H24O3. The van der Waals surface area contributed by atoms with Gasteiger partial charge in [0.1, 0.15) is 13.2 Å². The number of aryl methyl sites for hydroxylation is 1. The molecule has 1 fully saturated rings. The fourth-order valence-electron chi connectivity index (χ4n) is 3.50. The van der Waals surface area contributed by atoms with Crippen molar-refractivity contribution in [1.29, 1.82) is 0 Å². The average molecular weight is 324 g/mol. The second kappa shape index (κ2) is 6.86. The standard InChI is InChI=1S/C21H24O3/c1-15-5-7-17(19-4-2-3-9-22-19)14-18(15)12-16-6-8-20-21(13-16)24-11-10-23-20/h5-8,13-14,19H,2-4,9-12H2,1H3. The molecule has 0 spiro atoms. The van der Waals surface area contributed by atoms with Crippen molar-refractivity contribution in [2.75, 3.05) is 19.8 Å². The van der Waals surface area contributed by atoms with E-state index in [4.69, 9.17) is 14.2 Å². The van der Waals surface area contributed by atoms with Crippen LogP contribution in [0, 0.1) is 6.92 Å². The zero-order valence-corrected chi connectivity index (χ0v) is 14.2. The Hall–Kier alpha value is -2.00. The summed E-state index contributed by atoms with van der Waals surface area (Å²) in [6.45, 7) is 4.33. The first-order valence-electron chi connectivity index (χ1n) is 8.89. The van der Waals surface area contributed by atoms with Crippen LogP contribution < -0.4 is 9.47 Å². The Morgan fingerprint density at radius 3 is 2.62 bits per heavy atom. The molecule has 4 rings (SSSR count). The molecule has 126 valence electrons. The van der Waals surface area contributed by atoms with Gasteiger partial charge in [-0.1, -0.05) is 24.3 Å². The van der Waals surface area contributed by atoms with Gasteiger partial charge in [-0.15, -0.1) is 0 Å². The molecule has 1 unspecified atom stereocenters. The average Bonchev–Trinajstić information content (AvgIpc) is 2.64. The number of rotatable bonds is 3. The van der Waals surface area contributed by atoms with E-state index in [0.29, 0.717) is 13.2 Å². The summed E-state index contributed by atoms with van der Waals surface area (Å²) >= 11 is 0. The number of hydrogen-bond donors (Lipinski definition) is 0. The van der Waals surface area contributed by atoms with E-state index in [2.05, 4.69) is 37.3 Å². The molecule has 0 radical (unpaired) electrons. The highest BCUT2D eigenvalue weighted by atomic mass is 16.6. The van der Waals surface area contributed by atoms with Crippen LogP contribution in [0.1, 0.15) is 47.6 Å². The molecule has 3 heteroatoms. The molecular weight excluding hydrogens is 300 g/mol. The van der Waals surface area contributed by atoms with Crippen LogP contribution in [-0.4, -0.2) is 19.8 Å². The van der Waals surface area contributed by atoms with Gasteiger partial charge in [0, 0.05) is 6.61 Å². The van der Waals surface area contributed by atoms with E-state index in [0.717, 1.165) is 30.9 Å². The van der Waals surface area contributed by atoms with Gasteiger partial charge in [0.15, 0.2) is 11.5 Å². The highest BCUT2D eigenvalue weighted by Gasteiger charge is 2.17. The predicted molar refractivity (Wildman–Crippen MR) is 94.0 cm³/mol. The first-order chi connectivity index (χ1) is 11.8. The highest BCUT2D eigenvalue weighted by molar-refractivity contribution is 5.46. The Morgan fingerprint density at radius 1 is 0.917 bits per heavy atom. The number of hydrogen-bond acceptors (Lipinski definition) is 3. The van der Waals surface area contributed by atoms with E-state index in [1.165, 1.54) is 35.1 Å². The molecule has 2 aromatic rings. The van der Waals surface area contributed by atoms with Crippen molar-refractivity contribution in [2.24, 2.45) is 0 Å². The molecule has 2 heterocycles. The Balaban J connectivity index is 1.57. The Morgan fingerprint density at radius 2 is 1.79 bits per heavy atom. The van der Waals surface area contributed by atoms with Crippen LogP contribution in [0.5, 0.6) is 11.5 Å². The van der Waals surface area contributed by atoms with Gasteiger partial charge in [0.05, 0.1) is 6.10 Å². The summed E-state index contributed by atoms with van der Waals surface area (Å²) in [7, 11) is 0. The molecule has 0 bridgehead atoms. The largest absolute Gasteiger partial charge is 0.486 e. The normalized spacial score (nSPS) is 20.0. The minimum Gasteiger partial charge on any atom is -0.486 e. The molecule has 1 saturated heterocycles. The van der Waals surface area contributed by atoms with Crippen molar-refractivity contribution in [3.05, 3.63) is 58.7 Å². The maximum atomic E-state index is 5.95. The van der Waals surface area contributed by atoms with Gasteiger partial charge >= 0.3 is 0 Å². The second-order valence-corrected chi connectivity index (χ2v) is 6.70. The Labute approximate surface area is 143 Å². The third kappa shape index (κ3) is 3.27. The lowest BCUT2D eigenvalue weighted by Gasteiger charge is -2.24. The molecule has 0 saturated carbocycles. The second-order valence-electron chi connectivity index (χ2n) is 6.70. The van der Waals surface area contributed by atoms with Gasteiger partial charge in [-0.2, -0.15) is 0 Å². The van der Waals surface area contributed by atoms with Crippen molar-refractivity contribution < 1.29 is 14.2 Å². The van der Waals surface area contributed by atoms with Crippen molar-refractivity contribution in [3.63, 3.8) is 0 Å². The first kappa shape index (κ1) is 15.5. The van der Waals surface area contributed by atoms with E-state index in [9.17, 15) is 0 Å². The van der Waals surface area contributed by atoms with Gasteiger partial charge in [-0.3, -0.25) is 0 Å². The molecule has 0 N–H and O–H groups in total. The Kier molecular flexibility index (Phi) is 4.44. The molecule has 2 aliphatic rings. The van der Waals surface area contributed by atoms with Crippen LogP contribution in [0.15, 0.2) is 36.4 Å². The number of benzene rings is 2. The summed E-state index contributed by atoms with van der Waals surface area (Å²) in [6.07, 6.45) is 4.75. The third-order valence-electron chi connectivity index (χ3n) is 4.93. The van der Waals surface area contributed by atoms with Gasteiger partial charge < -0.3 is 14.2 Å². The summed E-state index contributed by atoms with van der Waals surface area (Å²) in [4.78, 5) is 0. The van der Waals surface area contributed by atoms with E-state index in [-0.39, 0.29) is 6.10 Å². The smallest absolute Gasteiger partial charge is 0.161 e. The van der Waals surface area contributed by atoms with E-state index in [1.807, 2.05) is 6.07 Å². The van der Waals surface area contributed by atoms with Crippen LogP contribution in [0.2, 0.25) is 0 Å². The van der Waals surface area contributed by atoms with Gasteiger partial charge in [-0.25, -0.2) is 0 Å². The lowest BCUT2D eigenvalue weighted by atomic mass is 9.94. The lowest BCUT2D eigenvalue weighted by molar-refractivity contribution is 0.0149. The highest BCUT2D eigenvalue weighted by Crippen LogP contribution is 2.33. The monoisotopic (exact) mass is 324 g/mol. The summed E-state index contributed by atoms with van der Waals surface area (Å²) in [5.74, 6) is 1.72. The van der Waals surface area contributed by atoms with Crippen molar-refractivity contribution in [3.8, 4) is 11.5 Å². The Bertz CT molecular complexity index is 717. The maximum Gasteiger partial charge on any atom is 0.161 e. The minimum atomic E-state index is 0.262. The van der Waals surface area contributed by atoms with Crippen LogP contribution in [0.25, 0.3) is 0 Å². The van der Waals surface area contributed by atoms with Crippen molar-refractivity contribution in [1.82, 2.24) is 0 Å². The SMILES string of the molecule is Cc1ccc(C2CCCCO2)cc1Cc1ccc2c(c1)OCCO2. The summed E-state index contributed by atoms with van der Waals surface area (Å²) in [5.41, 5.74) is 5.25. The lowest BCUT2D eigenvalue weighted by Crippen LogP contribution is -2.15. The van der Waals surface area contributed by atoms with E-state index >= 15 is 0 Å². The molecule has 3 nitrogen and oxygen atoms in total. The zero-order chi connectivity index (χ0) is 16.4. The van der Waals surface area contributed by atoms with E-state index < -0.39 is 0 Å². The van der Waals surface area contributed by atoms with Crippen LogP contribution in [0.4, 0.5) is 0 Å². The fraction of sp³-hybridized carbons (Fsp3) is 0.429. The first-order valence-corrected chi connectivity index (χ1v) is 8.89.